The second-order valence-corrected chi connectivity index (χ2v) is 8.11. The molecular weight excluding hydrogens is 390 g/mol. The van der Waals surface area contributed by atoms with E-state index in [0.29, 0.717) is 37.3 Å². The predicted molar refractivity (Wildman–Crippen MR) is 118 cm³/mol. The normalized spacial score (nSPS) is 15.5. The zero-order chi connectivity index (χ0) is 21.8. The van der Waals surface area contributed by atoms with Gasteiger partial charge in [0.1, 0.15) is 5.69 Å². The Hall–Kier alpha value is -3.48. The molecule has 31 heavy (non-hydrogen) atoms. The van der Waals surface area contributed by atoms with E-state index in [9.17, 15) is 9.59 Å². The molecule has 0 bridgehead atoms. The van der Waals surface area contributed by atoms with Crippen molar-refractivity contribution in [2.75, 3.05) is 13.1 Å². The fourth-order valence-electron chi connectivity index (χ4n) is 3.89. The van der Waals surface area contributed by atoms with Crippen molar-refractivity contribution in [1.82, 2.24) is 25.4 Å². The van der Waals surface area contributed by atoms with Crippen LogP contribution in [0.4, 0.5) is 0 Å². The molecular formula is C24H27N5O2. The lowest BCUT2D eigenvalue weighted by atomic mass is 9.95. The van der Waals surface area contributed by atoms with E-state index in [2.05, 4.69) is 32.6 Å². The molecule has 1 aliphatic rings. The van der Waals surface area contributed by atoms with Crippen molar-refractivity contribution >= 4 is 11.8 Å². The van der Waals surface area contributed by atoms with Crippen LogP contribution in [0.15, 0.2) is 54.9 Å². The van der Waals surface area contributed by atoms with E-state index in [-0.39, 0.29) is 23.8 Å². The monoisotopic (exact) mass is 417 g/mol. The molecule has 1 fully saturated rings. The van der Waals surface area contributed by atoms with Crippen LogP contribution in [0.3, 0.4) is 0 Å². The molecule has 7 heteroatoms. The number of aryl methyl sites for hydroxylation is 1. The average Bonchev–Trinajstić information content (AvgIpc) is 3.30. The molecule has 2 N–H and O–H groups in total. The van der Waals surface area contributed by atoms with Crippen molar-refractivity contribution in [1.29, 1.82) is 0 Å². The Labute approximate surface area is 181 Å². The molecule has 1 aromatic carbocycles. The number of nitrogens with one attached hydrogen (secondary N) is 2. The number of likely N-dealkylation sites (tertiary alicyclic amines) is 1. The lowest BCUT2D eigenvalue weighted by Gasteiger charge is -2.31. The zero-order valence-corrected chi connectivity index (χ0v) is 17.8. The van der Waals surface area contributed by atoms with Crippen LogP contribution in [0.1, 0.15) is 47.4 Å². The lowest BCUT2D eigenvalue weighted by Crippen LogP contribution is -2.43. The third-order valence-corrected chi connectivity index (χ3v) is 5.87. The van der Waals surface area contributed by atoms with E-state index < -0.39 is 0 Å². The number of rotatable bonds is 5. The third-order valence-electron chi connectivity index (χ3n) is 5.87. The Bertz CT molecular complexity index is 1040. The highest BCUT2D eigenvalue weighted by Crippen LogP contribution is 2.22. The largest absolute Gasteiger partial charge is 0.349 e. The number of carbonyl (C=O) groups is 2. The number of hydrogen-bond acceptors (Lipinski definition) is 4. The van der Waals surface area contributed by atoms with Crippen LogP contribution in [0.5, 0.6) is 0 Å². The Morgan fingerprint density at radius 2 is 1.77 bits per heavy atom. The predicted octanol–water partition coefficient (Wildman–Crippen LogP) is 3.51. The van der Waals surface area contributed by atoms with E-state index in [1.165, 1.54) is 5.56 Å². The first kappa shape index (κ1) is 20.8. The van der Waals surface area contributed by atoms with Gasteiger partial charge in [-0.2, -0.15) is 5.10 Å². The van der Waals surface area contributed by atoms with Gasteiger partial charge < -0.3 is 10.2 Å². The molecule has 0 radical (unpaired) electrons. The summed E-state index contributed by atoms with van der Waals surface area (Å²) in [7, 11) is 0. The Morgan fingerprint density at radius 3 is 2.45 bits per heavy atom. The van der Waals surface area contributed by atoms with Crippen molar-refractivity contribution in [3.63, 3.8) is 0 Å². The maximum Gasteiger partial charge on any atom is 0.271 e. The van der Waals surface area contributed by atoms with Gasteiger partial charge in [0, 0.05) is 37.0 Å². The number of pyridine rings is 1. The number of hydrogen-bond donors (Lipinski definition) is 2. The summed E-state index contributed by atoms with van der Waals surface area (Å²) in [5, 5.41) is 10.2. The highest BCUT2D eigenvalue weighted by atomic mass is 16.2. The molecule has 1 aliphatic heterocycles. The highest BCUT2D eigenvalue weighted by Gasteiger charge is 2.29. The van der Waals surface area contributed by atoms with E-state index in [0.717, 1.165) is 11.1 Å². The molecule has 2 aromatic heterocycles. The van der Waals surface area contributed by atoms with Gasteiger partial charge in [0.05, 0.1) is 11.7 Å². The van der Waals surface area contributed by atoms with Crippen molar-refractivity contribution in [3.8, 4) is 11.3 Å². The summed E-state index contributed by atoms with van der Waals surface area (Å²) >= 11 is 0. The van der Waals surface area contributed by atoms with Gasteiger partial charge in [0.25, 0.3) is 5.91 Å². The van der Waals surface area contributed by atoms with Crippen molar-refractivity contribution in [3.05, 3.63) is 71.7 Å². The van der Waals surface area contributed by atoms with E-state index >= 15 is 0 Å². The minimum absolute atomic E-state index is 0.0376. The van der Waals surface area contributed by atoms with Crippen LogP contribution < -0.4 is 5.32 Å². The Balaban J connectivity index is 1.31. The van der Waals surface area contributed by atoms with Crippen molar-refractivity contribution in [2.45, 2.75) is 32.7 Å². The summed E-state index contributed by atoms with van der Waals surface area (Å²) in [5.41, 5.74) is 4.37. The number of carbonyl (C=O) groups excluding carboxylic acids is 2. The summed E-state index contributed by atoms with van der Waals surface area (Å²) in [6, 6.07) is 13.6. The third kappa shape index (κ3) is 4.82. The summed E-state index contributed by atoms with van der Waals surface area (Å²) in [6.45, 7) is 5.16. The van der Waals surface area contributed by atoms with Gasteiger partial charge in [-0.1, -0.05) is 29.8 Å². The molecule has 4 rings (SSSR count). The Kier molecular flexibility index (Phi) is 6.11. The number of nitrogens with zero attached hydrogens (tertiary/aromatic N) is 3. The molecule has 0 spiro atoms. The molecule has 160 valence electrons. The molecule has 3 heterocycles. The van der Waals surface area contributed by atoms with Crippen molar-refractivity contribution in [2.24, 2.45) is 5.92 Å². The molecule has 1 saturated heterocycles. The second-order valence-electron chi connectivity index (χ2n) is 8.11. The van der Waals surface area contributed by atoms with Crippen LogP contribution in [0.2, 0.25) is 0 Å². The highest BCUT2D eigenvalue weighted by molar-refractivity contribution is 5.93. The smallest absolute Gasteiger partial charge is 0.271 e. The van der Waals surface area contributed by atoms with Crippen molar-refractivity contribution < 1.29 is 9.59 Å². The molecule has 1 atom stereocenters. The molecule has 0 aliphatic carbocycles. The minimum Gasteiger partial charge on any atom is -0.349 e. The molecule has 2 amide bonds. The standard InChI is InChI=1S/C24H27N5O2/c1-16-3-5-18(6-4-16)17(2)26-23(30)20-9-13-29(14-10-20)24(31)22-15-21(27-28-22)19-7-11-25-12-8-19/h3-8,11-12,15,17,20H,9-10,13-14H2,1-2H3,(H,26,30)(H,27,28)/t17-/m1/s1. The Morgan fingerprint density at radius 1 is 1.10 bits per heavy atom. The summed E-state index contributed by atoms with van der Waals surface area (Å²) in [5.74, 6) is -0.104. The first-order valence-electron chi connectivity index (χ1n) is 10.6. The van der Waals surface area contributed by atoms with Crippen LogP contribution in [0.25, 0.3) is 11.3 Å². The molecule has 7 nitrogen and oxygen atoms in total. The summed E-state index contributed by atoms with van der Waals surface area (Å²) < 4.78 is 0. The van der Waals surface area contributed by atoms with Gasteiger partial charge in [-0.05, 0) is 50.5 Å². The van der Waals surface area contributed by atoms with E-state index in [1.54, 1.807) is 23.4 Å². The number of aromatic amines is 1. The van der Waals surface area contributed by atoms with Crippen LogP contribution >= 0.6 is 0 Å². The van der Waals surface area contributed by atoms with Gasteiger partial charge in [-0.25, -0.2) is 0 Å². The van der Waals surface area contributed by atoms with Gasteiger partial charge in [-0.3, -0.25) is 19.7 Å². The topological polar surface area (TPSA) is 91.0 Å². The number of aromatic nitrogens is 3. The fourth-order valence-corrected chi connectivity index (χ4v) is 3.89. The summed E-state index contributed by atoms with van der Waals surface area (Å²) in [6.07, 6.45) is 4.70. The fraction of sp³-hybridized carbons (Fsp3) is 0.333. The van der Waals surface area contributed by atoms with Crippen LogP contribution in [-0.2, 0) is 4.79 Å². The second kappa shape index (κ2) is 9.12. The van der Waals surface area contributed by atoms with E-state index in [4.69, 9.17) is 0 Å². The minimum atomic E-state index is -0.0836. The summed E-state index contributed by atoms with van der Waals surface area (Å²) in [4.78, 5) is 31.4. The van der Waals surface area contributed by atoms with Gasteiger partial charge in [0.2, 0.25) is 5.91 Å². The quantitative estimate of drug-likeness (QED) is 0.665. The maximum absolute atomic E-state index is 12.9. The number of benzene rings is 1. The van der Waals surface area contributed by atoms with Gasteiger partial charge >= 0.3 is 0 Å². The van der Waals surface area contributed by atoms with Crippen LogP contribution in [0, 0.1) is 12.8 Å². The SMILES string of the molecule is Cc1ccc([C@@H](C)NC(=O)C2CCN(C(=O)c3cc(-c4ccncc4)n[nH]3)CC2)cc1. The average molecular weight is 418 g/mol. The van der Waals surface area contributed by atoms with E-state index in [1.807, 2.05) is 38.1 Å². The van der Waals surface area contributed by atoms with Gasteiger partial charge in [-0.15, -0.1) is 0 Å². The maximum atomic E-state index is 12.9. The zero-order valence-electron chi connectivity index (χ0n) is 17.8. The van der Waals surface area contributed by atoms with Crippen LogP contribution in [-0.4, -0.2) is 45.0 Å². The lowest BCUT2D eigenvalue weighted by molar-refractivity contribution is -0.127. The van der Waals surface area contributed by atoms with Gasteiger partial charge in [0.15, 0.2) is 0 Å². The molecule has 3 aromatic rings. The first-order chi connectivity index (χ1) is 15.0. The first-order valence-corrected chi connectivity index (χ1v) is 10.6. The number of piperidine rings is 1. The number of amides is 2. The molecule has 0 unspecified atom stereocenters. The molecule has 0 saturated carbocycles. The number of H-pyrrole nitrogens is 1.